The fourth-order valence-electron chi connectivity index (χ4n) is 2.47. The van der Waals surface area contributed by atoms with Gasteiger partial charge in [-0.3, -0.25) is 5.84 Å². The molecule has 0 amide bonds. The van der Waals surface area contributed by atoms with Crippen molar-refractivity contribution in [2.75, 3.05) is 0 Å². The van der Waals surface area contributed by atoms with Crippen molar-refractivity contribution in [3.63, 3.8) is 0 Å². The fourth-order valence-corrected chi connectivity index (χ4v) is 2.47. The van der Waals surface area contributed by atoms with Gasteiger partial charge in [-0.25, -0.2) is 14.3 Å². The molecule has 0 aliphatic rings. The van der Waals surface area contributed by atoms with Crippen LogP contribution in [0.1, 0.15) is 22.7 Å². The van der Waals surface area contributed by atoms with Crippen molar-refractivity contribution in [3.8, 4) is 0 Å². The lowest BCUT2D eigenvalue weighted by Crippen LogP contribution is -2.28. The van der Waals surface area contributed by atoms with Crippen LogP contribution in [0.4, 0.5) is 4.39 Å². The van der Waals surface area contributed by atoms with E-state index in [-0.39, 0.29) is 11.9 Å². The Bertz CT molecular complexity index is 730. The van der Waals surface area contributed by atoms with Crippen LogP contribution in [0.25, 0.3) is 5.52 Å². The second-order valence-electron chi connectivity index (χ2n) is 4.79. The molecule has 102 valence electrons. The van der Waals surface area contributed by atoms with Gasteiger partial charge in [0.25, 0.3) is 0 Å². The van der Waals surface area contributed by atoms with Crippen molar-refractivity contribution in [1.29, 1.82) is 0 Å². The van der Waals surface area contributed by atoms with Gasteiger partial charge in [0.15, 0.2) is 0 Å². The van der Waals surface area contributed by atoms with Gasteiger partial charge in [0.05, 0.1) is 17.8 Å². The summed E-state index contributed by atoms with van der Waals surface area (Å²) in [7, 11) is 0. The lowest BCUT2D eigenvalue weighted by atomic mass is 9.99. The summed E-state index contributed by atoms with van der Waals surface area (Å²) in [5, 5.41) is 4.29. The van der Waals surface area contributed by atoms with Gasteiger partial charge in [-0.2, -0.15) is 5.10 Å². The molecule has 2 heterocycles. The highest BCUT2D eigenvalue weighted by Crippen LogP contribution is 2.26. The first-order valence-corrected chi connectivity index (χ1v) is 6.34. The molecule has 3 N–H and O–H groups in total. The molecule has 3 rings (SSSR count). The van der Waals surface area contributed by atoms with E-state index >= 15 is 0 Å². The summed E-state index contributed by atoms with van der Waals surface area (Å²) in [5.74, 6) is 5.41. The van der Waals surface area contributed by atoms with Crippen LogP contribution in [-0.2, 0) is 0 Å². The number of aryl methyl sites for hydroxylation is 1. The maximum Gasteiger partial charge on any atom is 0.123 e. The lowest BCUT2D eigenvalue weighted by Gasteiger charge is -2.16. The predicted molar refractivity (Wildman–Crippen MR) is 75.5 cm³/mol. The second-order valence-corrected chi connectivity index (χ2v) is 4.79. The van der Waals surface area contributed by atoms with Crippen LogP contribution in [0.5, 0.6) is 0 Å². The van der Waals surface area contributed by atoms with E-state index in [4.69, 9.17) is 5.84 Å². The normalized spacial score (nSPS) is 12.8. The van der Waals surface area contributed by atoms with E-state index in [1.165, 1.54) is 12.1 Å². The number of benzene rings is 1. The van der Waals surface area contributed by atoms with Crippen molar-refractivity contribution in [3.05, 3.63) is 71.3 Å². The van der Waals surface area contributed by atoms with Crippen molar-refractivity contribution in [2.24, 2.45) is 5.84 Å². The van der Waals surface area contributed by atoms with Crippen LogP contribution >= 0.6 is 0 Å². The number of fused-ring (bicyclic) bond motifs is 1. The molecule has 0 saturated heterocycles. The Morgan fingerprint density at radius 3 is 2.90 bits per heavy atom. The Balaban J connectivity index is 2.14. The molecule has 1 aromatic carbocycles. The summed E-state index contributed by atoms with van der Waals surface area (Å²) < 4.78 is 15.4. The summed E-state index contributed by atoms with van der Waals surface area (Å²) in [6.45, 7) is 1.86. The van der Waals surface area contributed by atoms with Crippen LogP contribution in [0.15, 0.2) is 48.8 Å². The zero-order valence-corrected chi connectivity index (χ0v) is 11.0. The standard InChI is InChI=1S/C15H15FN4/c1-10-6-11(8-12(16)7-10)15(19-17)13-9-18-20-5-3-2-4-14(13)20/h2-9,15,19H,17H2,1H3. The fraction of sp³-hybridized carbons (Fsp3) is 0.133. The van der Waals surface area contributed by atoms with Crippen LogP contribution in [0, 0.1) is 12.7 Å². The number of hydrogen-bond donors (Lipinski definition) is 2. The largest absolute Gasteiger partial charge is 0.271 e. The Kier molecular flexibility index (Phi) is 3.22. The molecule has 1 unspecified atom stereocenters. The molecular formula is C15H15FN4. The summed E-state index contributed by atoms with van der Waals surface area (Å²) >= 11 is 0. The average molecular weight is 270 g/mol. The van der Waals surface area contributed by atoms with Gasteiger partial charge in [0.2, 0.25) is 0 Å². The third-order valence-electron chi connectivity index (χ3n) is 3.33. The van der Waals surface area contributed by atoms with Gasteiger partial charge in [-0.15, -0.1) is 0 Å². The number of nitrogens with two attached hydrogens (primary N) is 1. The highest BCUT2D eigenvalue weighted by atomic mass is 19.1. The SMILES string of the molecule is Cc1cc(F)cc(C(NN)c2cnn3ccccc23)c1. The summed E-state index contributed by atoms with van der Waals surface area (Å²) in [6, 6.07) is 10.4. The molecule has 0 aliphatic heterocycles. The van der Waals surface area contributed by atoms with Gasteiger partial charge >= 0.3 is 0 Å². The molecule has 2 aromatic heterocycles. The number of hydrazine groups is 1. The van der Waals surface area contributed by atoms with Crippen molar-refractivity contribution in [2.45, 2.75) is 13.0 Å². The molecule has 3 aromatic rings. The third-order valence-corrected chi connectivity index (χ3v) is 3.33. The number of nitrogens with zero attached hydrogens (tertiary/aromatic N) is 2. The predicted octanol–water partition coefficient (Wildman–Crippen LogP) is 2.33. The molecule has 0 fully saturated rings. The highest BCUT2D eigenvalue weighted by Gasteiger charge is 2.18. The second kappa shape index (κ2) is 5.03. The molecule has 0 aliphatic carbocycles. The first-order valence-electron chi connectivity index (χ1n) is 6.34. The lowest BCUT2D eigenvalue weighted by molar-refractivity contribution is 0.605. The summed E-state index contributed by atoms with van der Waals surface area (Å²) in [4.78, 5) is 0. The molecule has 20 heavy (non-hydrogen) atoms. The molecule has 0 bridgehead atoms. The highest BCUT2D eigenvalue weighted by molar-refractivity contribution is 5.57. The summed E-state index contributed by atoms with van der Waals surface area (Å²) in [5.41, 5.74) is 6.24. The van der Waals surface area contributed by atoms with E-state index in [1.54, 1.807) is 10.7 Å². The van der Waals surface area contributed by atoms with Gasteiger partial charge in [0, 0.05) is 11.8 Å². The van der Waals surface area contributed by atoms with E-state index in [2.05, 4.69) is 10.5 Å². The molecule has 4 nitrogen and oxygen atoms in total. The third kappa shape index (κ3) is 2.17. The number of hydrogen-bond acceptors (Lipinski definition) is 3. The zero-order chi connectivity index (χ0) is 14.1. The van der Waals surface area contributed by atoms with Gasteiger partial charge in [-0.1, -0.05) is 12.1 Å². The zero-order valence-electron chi connectivity index (χ0n) is 11.0. The topological polar surface area (TPSA) is 55.3 Å². The first-order chi connectivity index (χ1) is 9.69. The Labute approximate surface area is 116 Å². The minimum absolute atomic E-state index is 0.267. The van der Waals surface area contributed by atoms with Crippen LogP contribution < -0.4 is 11.3 Å². The van der Waals surface area contributed by atoms with Gasteiger partial charge in [-0.05, 0) is 42.3 Å². The van der Waals surface area contributed by atoms with Crippen molar-refractivity contribution in [1.82, 2.24) is 15.0 Å². The van der Waals surface area contributed by atoms with Crippen molar-refractivity contribution >= 4 is 5.52 Å². The maximum absolute atomic E-state index is 13.6. The number of aromatic nitrogens is 2. The van der Waals surface area contributed by atoms with Crippen LogP contribution in [0.3, 0.4) is 0 Å². The quantitative estimate of drug-likeness (QED) is 0.567. The number of nitrogens with one attached hydrogen (secondary N) is 1. The van der Waals surface area contributed by atoms with Crippen molar-refractivity contribution < 1.29 is 4.39 Å². The Morgan fingerprint density at radius 1 is 1.30 bits per heavy atom. The van der Waals surface area contributed by atoms with E-state index < -0.39 is 0 Å². The molecule has 0 radical (unpaired) electrons. The monoisotopic (exact) mass is 270 g/mol. The van der Waals surface area contributed by atoms with Gasteiger partial charge < -0.3 is 0 Å². The Hall–Kier alpha value is -2.24. The van der Waals surface area contributed by atoms with E-state index in [0.29, 0.717) is 0 Å². The summed E-state index contributed by atoms with van der Waals surface area (Å²) in [6.07, 6.45) is 3.61. The number of rotatable bonds is 3. The average Bonchev–Trinajstić information content (AvgIpc) is 2.83. The Morgan fingerprint density at radius 2 is 2.15 bits per heavy atom. The number of halogens is 1. The maximum atomic E-state index is 13.6. The smallest absolute Gasteiger partial charge is 0.123 e. The van der Waals surface area contributed by atoms with Gasteiger partial charge in [0.1, 0.15) is 5.82 Å². The first kappa shape index (κ1) is 12.8. The molecule has 1 atom stereocenters. The molecule has 0 saturated carbocycles. The minimum atomic E-state index is -0.302. The van der Waals surface area contributed by atoms with E-state index in [0.717, 1.165) is 22.2 Å². The van der Waals surface area contributed by atoms with Crippen LogP contribution in [-0.4, -0.2) is 9.61 Å². The van der Waals surface area contributed by atoms with E-state index in [9.17, 15) is 4.39 Å². The minimum Gasteiger partial charge on any atom is -0.271 e. The molecular weight excluding hydrogens is 255 g/mol. The van der Waals surface area contributed by atoms with E-state index in [1.807, 2.05) is 37.4 Å². The van der Waals surface area contributed by atoms with Crippen LogP contribution in [0.2, 0.25) is 0 Å². The molecule has 5 heteroatoms. The number of pyridine rings is 1. The molecule has 0 spiro atoms.